The molecular formula is C15H18F2N2O3. The largest absolute Gasteiger partial charge is 0.378 e. The van der Waals surface area contributed by atoms with Gasteiger partial charge in [0.15, 0.2) is 11.6 Å². The van der Waals surface area contributed by atoms with Gasteiger partial charge in [-0.3, -0.25) is 4.79 Å². The van der Waals surface area contributed by atoms with Crippen molar-refractivity contribution in [3.8, 4) is 0 Å². The molecule has 2 fully saturated rings. The predicted molar refractivity (Wildman–Crippen MR) is 74.2 cm³/mol. The lowest BCUT2D eigenvalue weighted by Gasteiger charge is -2.36. The maximum absolute atomic E-state index is 13.3. The Morgan fingerprint density at radius 3 is 2.86 bits per heavy atom. The molecule has 5 nitrogen and oxygen atoms in total. The maximum Gasteiger partial charge on any atom is 0.242 e. The van der Waals surface area contributed by atoms with Gasteiger partial charge in [0.2, 0.25) is 5.91 Å². The van der Waals surface area contributed by atoms with E-state index in [0.717, 1.165) is 12.1 Å². The molecular weight excluding hydrogens is 294 g/mol. The van der Waals surface area contributed by atoms with Crippen LogP contribution in [-0.2, 0) is 14.3 Å². The number of nitrogens with zero attached hydrogens (tertiary/aromatic N) is 1. The molecule has 2 saturated heterocycles. The zero-order chi connectivity index (χ0) is 15.5. The number of carbonyl (C=O) groups excluding carboxylic acids is 1. The van der Waals surface area contributed by atoms with Gasteiger partial charge >= 0.3 is 0 Å². The first-order chi connectivity index (χ1) is 10.6. The summed E-state index contributed by atoms with van der Waals surface area (Å²) in [5, 5.41) is 3.12. The Labute approximate surface area is 127 Å². The Balaban J connectivity index is 1.68. The lowest BCUT2D eigenvalue weighted by Crippen LogP contribution is -2.55. The summed E-state index contributed by atoms with van der Waals surface area (Å²) in [5.74, 6) is -1.85. The second-order valence-corrected chi connectivity index (χ2v) is 5.40. The average molecular weight is 312 g/mol. The van der Waals surface area contributed by atoms with E-state index in [1.54, 1.807) is 4.90 Å². The number of amides is 1. The molecule has 3 rings (SSSR count). The van der Waals surface area contributed by atoms with Crippen LogP contribution in [0.4, 0.5) is 8.78 Å². The molecule has 0 radical (unpaired) electrons. The number of hydrogen-bond donors (Lipinski definition) is 1. The third-order valence-electron chi connectivity index (χ3n) is 3.91. The molecule has 7 heteroatoms. The first-order valence-corrected chi connectivity index (χ1v) is 7.31. The Morgan fingerprint density at radius 2 is 2.14 bits per heavy atom. The van der Waals surface area contributed by atoms with Crippen LogP contribution in [0.25, 0.3) is 0 Å². The van der Waals surface area contributed by atoms with Crippen LogP contribution in [0.3, 0.4) is 0 Å². The van der Waals surface area contributed by atoms with Gasteiger partial charge in [0.05, 0.1) is 26.4 Å². The van der Waals surface area contributed by atoms with Gasteiger partial charge in [0.25, 0.3) is 0 Å². The third-order valence-corrected chi connectivity index (χ3v) is 3.91. The summed E-state index contributed by atoms with van der Waals surface area (Å²) < 4.78 is 37.2. The number of ether oxygens (including phenoxy) is 2. The Morgan fingerprint density at radius 1 is 1.27 bits per heavy atom. The van der Waals surface area contributed by atoms with Gasteiger partial charge in [0, 0.05) is 13.1 Å². The summed E-state index contributed by atoms with van der Waals surface area (Å²) >= 11 is 0. The van der Waals surface area contributed by atoms with E-state index >= 15 is 0 Å². The highest BCUT2D eigenvalue weighted by Crippen LogP contribution is 2.24. The lowest BCUT2D eigenvalue weighted by molar-refractivity contribution is -0.144. The van der Waals surface area contributed by atoms with Crippen molar-refractivity contribution in [1.82, 2.24) is 10.2 Å². The summed E-state index contributed by atoms with van der Waals surface area (Å²) in [6, 6.07) is 3.33. The number of nitrogens with one attached hydrogen (secondary N) is 1. The number of hydrogen-bond acceptors (Lipinski definition) is 4. The average Bonchev–Trinajstić information content (AvgIpc) is 2.57. The molecule has 1 N–H and O–H groups in total. The number of morpholine rings is 2. The minimum absolute atomic E-state index is 0.0458. The fourth-order valence-electron chi connectivity index (χ4n) is 2.71. The van der Waals surface area contributed by atoms with Gasteiger partial charge < -0.3 is 19.7 Å². The van der Waals surface area contributed by atoms with Crippen molar-refractivity contribution in [3.05, 3.63) is 35.4 Å². The molecule has 1 aromatic carbocycles. The molecule has 22 heavy (non-hydrogen) atoms. The summed E-state index contributed by atoms with van der Waals surface area (Å²) in [6.45, 7) is 2.77. The Kier molecular flexibility index (Phi) is 4.66. The van der Waals surface area contributed by atoms with Gasteiger partial charge in [-0.2, -0.15) is 0 Å². The van der Waals surface area contributed by atoms with Crippen molar-refractivity contribution in [3.63, 3.8) is 0 Å². The molecule has 2 aliphatic rings. The summed E-state index contributed by atoms with van der Waals surface area (Å²) in [7, 11) is 0. The van der Waals surface area contributed by atoms with Gasteiger partial charge in [-0.1, -0.05) is 6.07 Å². The number of benzene rings is 1. The minimum atomic E-state index is -0.910. The molecule has 120 valence electrons. The Bertz CT molecular complexity index is 550. The zero-order valence-electron chi connectivity index (χ0n) is 12.1. The van der Waals surface area contributed by atoms with Crippen LogP contribution in [0.1, 0.15) is 11.7 Å². The molecule has 1 aromatic rings. The third kappa shape index (κ3) is 3.26. The minimum Gasteiger partial charge on any atom is -0.378 e. The molecule has 0 spiro atoms. The molecule has 2 unspecified atom stereocenters. The van der Waals surface area contributed by atoms with E-state index in [1.165, 1.54) is 6.07 Å². The smallest absolute Gasteiger partial charge is 0.242 e. The van der Waals surface area contributed by atoms with Gasteiger partial charge in [-0.25, -0.2) is 8.78 Å². The standard InChI is InChI=1S/C15H18F2N2O3/c16-11-2-1-10(7-12(11)17)14-8-19(4-6-22-14)15(20)13-9-21-5-3-18-13/h1-2,7,13-14,18H,3-6,8-9H2. The molecule has 1 amide bonds. The van der Waals surface area contributed by atoms with Crippen molar-refractivity contribution < 1.29 is 23.0 Å². The fraction of sp³-hybridized carbons (Fsp3) is 0.533. The van der Waals surface area contributed by atoms with Crippen molar-refractivity contribution in [2.75, 3.05) is 39.5 Å². The van der Waals surface area contributed by atoms with Crippen molar-refractivity contribution in [2.24, 2.45) is 0 Å². The number of halogens is 2. The van der Waals surface area contributed by atoms with Crippen molar-refractivity contribution >= 4 is 5.91 Å². The van der Waals surface area contributed by atoms with E-state index < -0.39 is 17.7 Å². The highest BCUT2D eigenvalue weighted by molar-refractivity contribution is 5.82. The van der Waals surface area contributed by atoms with Gasteiger partial charge in [-0.15, -0.1) is 0 Å². The Hall–Kier alpha value is -1.57. The summed E-state index contributed by atoms with van der Waals surface area (Å²) in [4.78, 5) is 14.1. The second kappa shape index (κ2) is 6.68. The van der Waals surface area contributed by atoms with E-state index in [9.17, 15) is 13.6 Å². The first kappa shape index (κ1) is 15.3. The topological polar surface area (TPSA) is 50.8 Å². The maximum atomic E-state index is 13.3. The predicted octanol–water partition coefficient (Wildman–Crippen LogP) is 0.853. The lowest BCUT2D eigenvalue weighted by atomic mass is 10.1. The van der Waals surface area contributed by atoms with Crippen LogP contribution in [0.2, 0.25) is 0 Å². The number of rotatable bonds is 2. The fourth-order valence-corrected chi connectivity index (χ4v) is 2.71. The quantitative estimate of drug-likeness (QED) is 0.880. The van der Waals surface area contributed by atoms with Crippen LogP contribution in [0.5, 0.6) is 0 Å². The zero-order valence-corrected chi connectivity index (χ0v) is 12.1. The number of carbonyl (C=O) groups is 1. The highest BCUT2D eigenvalue weighted by Gasteiger charge is 2.31. The molecule has 0 saturated carbocycles. The molecule has 0 aliphatic carbocycles. The molecule has 0 bridgehead atoms. The van der Waals surface area contributed by atoms with E-state index in [0.29, 0.717) is 45.0 Å². The van der Waals surface area contributed by atoms with Crippen LogP contribution in [-0.4, -0.2) is 56.3 Å². The van der Waals surface area contributed by atoms with E-state index in [-0.39, 0.29) is 11.9 Å². The van der Waals surface area contributed by atoms with E-state index in [4.69, 9.17) is 9.47 Å². The summed E-state index contributed by atoms with van der Waals surface area (Å²) in [5.41, 5.74) is 0.532. The van der Waals surface area contributed by atoms with Crippen LogP contribution in [0, 0.1) is 11.6 Å². The highest BCUT2D eigenvalue weighted by atomic mass is 19.2. The summed E-state index contributed by atoms with van der Waals surface area (Å²) in [6.07, 6.45) is -0.447. The van der Waals surface area contributed by atoms with Crippen LogP contribution < -0.4 is 5.32 Å². The second-order valence-electron chi connectivity index (χ2n) is 5.40. The SMILES string of the molecule is O=C(C1COCCN1)N1CCOC(c2ccc(F)c(F)c2)C1. The van der Waals surface area contributed by atoms with Crippen molar-refractivity contribution in [1.29, 1.82) is 0 Å². The first-order valence-electron chi connectivity index (χ1n) is 7.31. The monoisotopic (exact) mass is 312 g/mol. The molecule has 2 heterocycles. The van der Waals surface area contributed by atoms with Crippen molar-refractivity contribution in [2.45, 2.75) is 12.1 Å². The van der Waals surface area contributed by atoms with Crippen LogP contribution in [0.15, 0.2) is 18.2 Å². The molecule has 2 atom stereocenters. The molecule has 0 aromatic heterocycles. The van der Waals surface area contributed by atoms with Gasteiger partial charge in [-0.05, 0) is 17.7 Å². The van der Waals surface area contributed by atoms with E-state index in [1.807, 2.05) is 0 Å². The van der Waals surface area contributed by atoms with E-state index in [2.05, 4.69) is 5.32 Å². The normalized spacial score (nSPS) is 26.0. The van der Waals surface area contributed by atoms with Crippen LogP contribution >= 0.6 is 0 Å². The molecule has 2 aliphatic heterocycles. The van der Waals surface area contributed by atoms with Gasteiger partial charge in [0.1, 0.15) is 12.1 Å².